The lowest BCUT2D eigenvalue weighted by molar-refractivity contribution is 0.602. The standard InChI is InChI=1S/C9H9BrClN3O2S2/c1-5-3-7(14(2)12-5)13-18(15,16)8-4-6(11)9(10)17-8/h3-4,13H,1-2H3. The van der Waals surface area contributed by atoms with Crippen molar-refractivity contribution < 1.29 is 8.42 Å². The molecule has 1 N–H and O–H groups in total. The van der Waals surface area contributed by atoms with E-state index < -0.39 is 10.0 Å². The summed E-state index contributed by atoms with van der Waals surface area (Å²) in [6.45, 7) is 1.79. The summed E-state index contributed by atoms with van der Waals surface area (Å²) >= 11 is 10.1. The van der Waals surface area contributed by atoms with Crippen molar-refractivity contribution in [1.82, 2.24) is 9.78 Å². The van der Waals surface area contributed by atoms with Crippen LogP contribution in [0.2, 0.25) is 5.02 Å². The van der Waals surface area contributed by atoms with Crippen LogP contribution in [0, 0.1) is 6.92 Å². The number of aromatic nitrogens is 2. The number of rotatable bonds is 3. The molecule has 0 bridgehead atoms. The van der Waals surface area contributed by atoms with Crippen LogP contribution in [-0.2, 0) is 17.1 Å². The molecule has 0 aromatic carbocycles. The summed E-state index contributed by atoms with van der Waals surface area (Å²) in [5, 5.41) is 4.45. The van der Waals surface area contributed by atoms with E-state index in [0.717, 1.165) is 17.0 Å². The third kappa shape index (κ3) is 2.71. The molecular formula is C9H9BrClN3O2S2. The smallest absolute Gasteiger partial charge is 0.263 e. The van der Waals surface area contributed by atoms with Gasteiger partial charge in [0, 0.05) is 13.1 Å². The Hall–Kier alpha value is -0.570. The maximum Gasteiger partial charge on any atom is 0.272 e. The lowest BCUT2D eigenvalue weighted by atomic mass is 10.5. The number of nitrogens with zero attached hydrogens (tertiary/aromatic N) is 2. The van der Waals surface area contributed by atoms with Gasteiger partial charge in [0.15, 0.2) is 0 Å². The van der Waals surface area contributed by atoms with Crippen LogP contribution in [0.4, 0.5) is 5.82 Å². The highest BCUT2D eigenvalue weighted by atomic mass is 79.9. The van der Waals surface area contributed by atoms with Crippen molar-refractivity contribution in [3.63, 3.8) is 0 Å². The van der Waals surface area contributed by atoms with Crippen LogP contribution >= 0.6 is 38.9 Å². The van der Waals surface area contributed by atoms with Gasteiger partial charge in [-0.2, -0.15) is 5.10 Å². The average molecular weight is 371 g/mol. The number of hydrogen-bond donors (Lipinski definition) is 1. The number of nitrogens with one attached hydrogen (secondary N) is 1. The van der Waals surface area contributed by atoms with Crippen LogP contribution in [0.3, 0.4) is 0 Å². The van der Waals surface area contributed by atoms with E-state index in [2.05, 4.69) is 25.8 Å². The number of hydrogen-bond acceptors (Lipinski definition) is 4. The van der Waals surface area contributed by atoms with Crippen LogP contribution in [0.1, 0.15) is 5.69 Å². The van der Waals surface area contributed by atoms with Gasteiger partial charge in [-0.15, -0.1) is 11.3 Å². The minimum Gasteiger partial charge on any atom is -0.263 e. The minimum atomic E-state index is -3.63. The fraction of sp³-hybridized carbons (Fsp3) is 0.222. The van der Waals surface area contributed by atoms with E-state index in [1.54, 1.807) is 20.0 Å². The largest absolute Gasteiger partial charge is 0.272 e. The summed E-state index contributed by atoms with van der Waals surface area (Å²) in [5.74, 6) is 0.410. The van der Waals surface area contributed by atoms with Gasteiger partial charge in [0.1, 0.15) is 10.0 Å². The van der Waals surface area contributed by atoms with Crippen molar-refractivity contribution in [3.8, 4) is 0 Å². The summed E-state index contributed by atoms with van der Waals surface area (Å²) in [6, 6.07) is 3.06. The van der Waals surface area contributed by atoms with E-state index in [1.807, 2.05) is 0 Å². The van der Waals surface area contributed by atoms with Crippen LogP contribution in [0.15, 0.2) is 20.1 Å². The van der Waals surface area contributed by atoms with E-state index in [0.29, 0.717) is 14.6 Å². The molecule has 2 heterocycles. The second-order valence-electron chi connectivity index (χ2n) is 3.59. The lowest BCUT2D eigenvalue weighted by Crippen LogP contribution is -2.14. The summed E-state index contributed by atoms with van der Waals surface area (Å²) in [7, 11) is -1.96. The second kappa shape index (κ2) is 4.84. The zero-order valence-electron chi connectivity index (χ0n) is 9.44. The number of thiophene rings is 1. The molecule has 0 amide bonds. The number of halogens is 2. The van der Waals surface area contributed by atoms with Gasteiger partial charge in [-0.1, -0.05) is 11.6 Å². The second-order valence-corrected chi connectivity index (χ2v) is 8.27. The minimum absolute atomic E-state index is 0.151. The average Bonchev–Trinajstić information content (AvgIpc) is 2.72. The van der Waals surface area contributed by atoms with Gasteiger partial charge in [0.05, 0.1) is 14.5 Å². The Morgan fingerprint density at radius 1 is 1.50 bits per heavy atom. The molecule has 0 aliphatic carbocycles. The highest BCUT2D eigenvalue weighted by Gasteiger charge is 2.20. The molecule has 0 radical (unpaired) electrons. The molecule has 0 aliphatic heterocycles. The Morgan fingerprint density at radius 2 is 2.17 bits per heavy atom. The molecule has 0 unspecified atom stereocenters. The maximum absolute atomic E-state index is 12.1. The first kappa shape index (κ1) is 13.9. The number of aryl methyl sites for hydroxylation is 2. The van der Waals surface area contributed by atoms with Gasteiger partial charge in [-0.05, 0) is 28.9 Å². The molecule has 18 heavy (non-hydrogen) atoms. The highest BCUT2D eigenvalue weighted by molar-refractivity contribution is 9.11. The Morgan fingerprint density at radius 3 is 2.61 bits per heavy atom. The van der Waals surface area contributed by atoms with Crippen LogP contribution in [-0.4, -0.2) is 18.2 Å². The van der Waals surface area contributed by atoms with Gasteiger partial charge in [0.2, 0.25) is 0 Å². The summed E-state index contributed by atoms with van der Waals surface area (Å²) in [6.07, 6.45) is 0. The third-order valence-corrected chi connectivity index (χ3v) is 6.43. The van der Waals surface area contributed by atoms with E-state index >= 15 is 0 Å². The van der Waals surface area contributed by atoms with Gasteiger partial charge in [0.25, 0.3) is 10.0 Å². The van der Waals surface area contributed by atoms with Crippen molar-refractivity contribution in [2.45, 2.75) is 11.1 Å². The first-order chi connectivity index (χ1) is 8.29. The van der Waals surface area contributed by atoms with Gasteiger partial charge in [-0.3, -0.25) is 9.40 Å². The molecule has 5 nitrogen and oxygen atoms in total. The van der Waals surface area contributed by atoms with E-state index in [1.165, 1.54) is 10.7 Å². The molecule has 0 saturated carbocycles. The van der Waals surface area contributed by atoms with Crippen molar-refractivity contribution >= 4 is 54.7 Å². The zero-order valence-corrected chi connectivity index (χ0v) is 13.4. The van der Waals surface area contributed by atoms with Gasteiger partial charge in [-0.25, -0.2) is 8.42 Å². The molecule has 2 aromatic heterocycles. The first-order valence-corrected chi connectivity index (χ1v) is 8.25. The molecule has 0 saturated heterocycles. The Labute approximate surface area is 122 Å². The van der Waals surface area contributed by atoms with Crippen molar-refractivity contribution in [2.24, 2.45) is 7.05 Å². The maximum atomic E-state index is 12.1. The fourth-order valence-electron chi connectivity index (χ4n) is 1.35. The predicted octanol–water partition coefficient (Wildman–Crippen LogP) is 3.01. The topological polar surface area (TPSA) is 64.0 Å². The van der Waals surface area contributed by atoms with Crippen LogP contribution in [0.5, 0.6) is 0 Å². The van der Waals surface area contributed by atoms with Crippen LogP contribution in [0.25, 0.3) is 0 Å². The molecule has 2 aromatic rings. The monoisotopic (exact) mass is 369 g/mol. The Bertz CT molecular complexity index is 673. The number of anilines is 1. The number of sulfonamides is 1. The SMILES string of the molecule is Cc1cc(NS(=O)(=O)c2cc(Cl)c(Br)s2)n(C)n1. The lowest BCUT2D eigenvalue weighted by Gasteiger charge is -2.05. The molecular weight excluding hydrogens is 362 g/mol. The molecule has 2 rings (SSSR count). The van der Waals surface area contributed by atoms with E-state index in [4.69, 9.17) is 11.6 Å². The fourth-order valence-corrected chi connectivity index (χ4v) is 4.83. The van der Waals surface area contributed by atoms with Crippen LogP contribution < -0.4 is 4.72 Å². The van der Waals surface area contributed by atoms with E-state index in [-0.39, 0.29) is 4.21 Å². The molecule has 98 valence electrons. The van der Waals surface area contributed by atoms with Crippen molar-refractivity contribution in [1.29, 1.82) is 0 Å². The molecule has 0 fully saturated rings. The van der Waals surface area contributed by atoms with Gasteiger partial charge < -0.3 is 0 Å². The highest BCUT2D eigenvalue weighted by Crippen LogP contribution is 2.35. The molecule has 0 spiro atoms. The van der Waals surface area contributed by atoms with Crippen molar-refractivity contribution in [2.75, 3.05) is 4.72 Å². The predicted molar refractivity (Wildman–Crippen MR) is 75.8 cm³/mol. The summed E-state index contributed by atoms with van der Waals surface area (Å²) < 4.78 is 28.9. The van der Waals surface area contributed by atoms with E-state index in [9.17, 15) is 8.42 Å². The summed E-state index contributed by atoms with van der Waals surface area (Å²) in [5.41, 5.74) is 0.737. The first-order valence-electron chi connectivity index (χ1n) is 4.78. The normalized spacial score (nSPS) is 11.8. The Kier molecular flexibility index (Phi) is 3.72. The van der Waals surface area contributed by atoms with Gasteiger partial charge >= 0.3 is 0 Å². The molecule has 0 aliphatic rings. The zero-order chi connectivity index (χ0) is 13.5. The Balaban J connectivity index is 2.35. The third-order valence-electron chi connectivity index (χ3n) is 2.13. The molecule has 0 atom stereocenters. The van der Waals surface area contributed by atoms with Crippen molar-refractivity contribution in [3.05, 3.63) is 26.6 Å². The quantitative estimate of drug-likeness (QED) is 0.903. The summed E-state index contributed by atoms with van der Waals surface area (Å²) in [4.78, 5) is 0. The molecule has 9 heteroatoms.